The van der Waals surface area contributed by atoms with E-state index in [1.165, 1.54) is 0 Å². The van der Waals surface area contributed by atoms with Crippen molar-refractivity contribution in [1.29, 1.82) is 0 Å². The number of rotatable bonds is 3. The summed E-state index contributed by atoms with van der Waals surface area (Å²) < 4.78 is 5.24. The molecule has 1 aromatic carbocycles. The van der Waals surface area contributed by atoms with Gasteiger partial charge in [-0.25, -0.2) is 0 Å². The Hall–Kier alpha value is -1.71. The van der Waals surface area contributed by atoms with Crippen molar-refractivity contribution in [3.63, 3.8) is 0 Å². The summed E-state index contributed by atoms with van der Waals surface area (Å²) >= 11 is 0. The number of ether oxygens (including phenoxy) is 1. The monoisotopic (exact) mass is 263 g/mol. The standard InChI is InChI=1S/C15H21NO3/c1-15(2)10-16(8-7-13(15)14(17)18)11-5-4-6-12(9-11)19-3/h4-6,9,13H,7-8,10H2,1-3H3,(H,17,18). The number of carboxylic acid groups (broad SMARTS) is 1. The molecule has 1 aliphatic rings. The normalized spacial score (nSPS) is 22.1. The van der Waals surface area contributed by atoms with Crippen molar-refractivity contribution in [2.45, 2.75) is 20.3 Å². The topological polar surface area (TPSA) is 49.8 Å². The largest absolute Gasteiger partial charge is 0.497 e. The van der Waals surface area contributed by atoms with E-state index < -0.39 is 5.97 Å². The van der Waals surface area contributed by atoms with Crippen molar-refractivity contribution in [2.24, 2.45) is 11.3 Å². The summed E-state index contributed by atoms with van der Waals surface area (Å²) in [5, 5.41) is 9.27. The zero-order valence-electron chi connectivity index (χ0n) is 11.7. The Bertz CT molecular complexity index is 470. The summed E-state index contributed by atoms with van der Waals surface area (Å²) in [5.74, 6) is -0.125. The zero-order chi connectivity index (χ0) is 14.0. The summed E-state index contributed by atoms with van der Waals surface area (Å²) in [6.45, 7) is 5.57. The van der Waals surface area contributed by atoms with E-state index >= 15 is 0 Å². The molecule has 104 valence electrons. The quantitative estimate of drug-likeness (QED) is 0.910. The van der Waals surface area contributed by atoms with Gasteiger partial charge in [-0.2, -0.15) is 0 Å². The molecule has 0 bridgehead atoms. The predicted molar refractivity (Wildman–Crippen MR) is 74.7 cm³/mol. The maximum atomic E-state index is 11.3. The molecule has 4 nitrogen and oxygen atoms in total. The van der Waals surface area contributed by atoms with Gasteiger partial charge in [0, 0.05) is 24.8 Å². The van der Waals surface area contributed by atoms with Crippen LogP contribution in [0.5, 0.6) is 5.75 Å². The molecule has 0 spiro atoms. The summed E-state index contributed by atoms with van der Waals surface area (Å²) in [6.07, 6.45) is 0.680. The molecule has 0 saturated carbocycles. The minimum absolute atomic E-state index is 0.229. The summed E-state index contributed by atoms with van der Waals surface area (Å²) in [7, 11) is 1.65. The van der Waals surface area contributed by atoms with Gasteiger partial charge < -0.3 is 14.7 Å². The Morgan fingerprint density at radius 1 is 1.47 bits per heavy atom. The first-order valence-electron chi connectivity index (χ1n) is 6.56. The Morgan fingerprint density at radius 3 is 2.79 bits per heavy atom. The number of carbonyl (C=O) groups is 1. The Labute approximate surface area is 114 Å². The Morgan fingerprint density at radius 2 is 2.21 bits per heavy atom. The first kappa shape index (κ1) is 13.7. The molecule has 1 unspecified atom stereocenters. The number of anilines is 1. The van der Waals surface area contributed by atoms with Crippen LogP contribution in [0.1, 0.15) is 20.3 Å². The van der Waals surface area contributed by atoms with Crippen molar-refractivity contribution in [2.75, 3.05) is 25.1 Å². The van der Waals surface area contributed by atoms with Gasteiger partial charge in [0.05, 0.1) is 13.0 Å². The van der Waals surface area contributed by atoms with Crippen molar-refractivity contribution in [3.05, 3.63) is 24.3 Å². The fraction of sp³-hybridized carbons (Fsp3) is 0.533. The van der Waals surface area contributed by atoms with Gasteiger partial charge in [0.1, 0.15) is 5.75 Å². The lowest BCUT2D eigenvalue weighted by Gasteiger charge is -2.43. The minimum atomic E-state index is -0.685. The molecule has 2 rings (SSSR count). The summed E-state index contributed by atoms with van der Waals surface area (Å²) in [5.41, 5.74) is 0.865. The molecule has 1 fully saturated rings. The average Bonchev–Trinajstić information content (AvgIpc) is 2.37. The SMILES string of the molecule is COc1cccc(N2CCC(C(=O)O)C(C)(C)C2)c1. The average molecular weight is 263 g/mol. The highest BCUT2D eigenvalue weighted by molar-refractivity contribution is 5.71. The number of carboxylic acids is 1. The number of aliphatic carboxylic acids is 1. The van der Waals surface area contributed by atoms with Crippen LogP contribution in [0.2, 0.25) is 0 Å². The van der Waals surface area contributed by atoms with Crippen LogP contribution in [0, 0.1) is 11.3 Å². The molecule has 19 heavy (non-hydrogen) atoms. The van der Waals surface area contributed by atoms with E-state index in [2.05, 4.69) is 4.90 Å². The molecule has 1 heterocycles. The van der Waals surface area contributed by atoms with E-state index in [4.69, 9.17) is 4.74 Å². The molecule has 0 aromatic heterocycles. The Balaban J connectivity index is 2.18. The van der Waals surface area contributed by atoms with E-state index in [1.54, 1.807) is 7.11 Å². The lowest BCUT2D eigenvalue weighted by atomic mass is 9.74. The van der Waals surface area contributed by atoms with Crippen LogP contribution < -0.4 is 9.64 Å². The fourth-order valence-electron chi connectivity index (χ4n) is 2.84. The molecule has 1 aliphatic heterocycles. The highest BCUT2D eigenvalue weighted by Crippen LogP contribution is 2.37. The van der Waals surface area contributed by atoms with Crippen molar-refractivity contribution in [3.8, 4) is 5.75 Å². The summed E-state index contributed by atoms with van der Waals surface area (Å²) in [4.78, 5) is 13.5. The molecule has 1 atom stereocenters. The second kappa shape index (κ2) is 5.11. The van der Waals surface area contributed by atoms with Gasteiger partial charge in [0.2, 0.25) is 0 Å². The third kappa shape index (κ3) is 2.83. The molecule has 0 aliphatic carbocycles. The molecular formula is C15H21NO3. The number of methoxy groups -OCH3 is 1. The maximum absolute atomic E-state index is 11.3. The van der Waals surface area contributed by atoms with E-state index in [-0.39, 0.29) is 11.3 Å². The van der Waals surface area contributed by atoms with E-state index in [0.29, 0.717) is 6.42 Å². The molecule has 1 aromatic rings. The molecule has 1 saturated heterocycles. The first-order chi connectivity index (χ1) is 8.94. The number of nitrogens with zero attached hydrogens (tertiary/aromatic N) is 1. The molecule has 0 amide bonds. The molecular weight excluding hydrogens is 242 g/mol. The lowest BCUT2D eigenvalue weighted by molar-refractivity contribution is -0.146. The van der Waals surface area contributed by atoms with Crippen LogP contribution in [0.15, 0.2) is 24.3 Å². The summed E-state index contributed by atoms with van der Waals surface area (Å²) in [6, 6.07) is 7.92. The second-order valence-electron chi connectivity index (χ2n) is 5.79. The van der Waals surface area contributed by atoms with Crippen molar-refractivity contribution in [1.82, 2.24) is 0 Å². The van der Waals surface area contributed by atoms with Gasteiger partial charge in [-0.3, -0.25) is 4.79 Å². The van der Waals surface area contributed by atoms with E-state index in [0.717, 1.165) is 24.5 Å². The highest BCUT2D eigenvalue weighted by atomic mass is 16.5. The number of piperidine rings is 1. The van der Waals surface area contributed by atoms with Crippen LogP contribution in [0.4, 0.5) is 5.69 Å². The van der Waals surface area contributed by atoms with Gasteiger partial charge in [-0.15, -0.1) is 0 Å². The zero-order valence-corrected chi connectivity index (χ0v) is 11.7. The van der Waals surface area contributed by atoms with Crippen LogP contribution >= 0.6 is 0 Å². The predicted octanol–water partition coefficient (Wildman–Crippen LogP) is 2.63. The first-order valence-corrected chi connectivity index (χ1v) is 6.56. The van der Waals surface area contributed by atoms with Crippen molar-refractivity contribution >= 4 is 11.7 Å². The maximum Gasteiger partial charge on any atom is 0.307 e. The second-order valence-corrected chi connectivity index (χ2v) is 5.79. The van der Waals surface area contributed by atoms with Gasteiger partial charge in [-0.1, -0.05) is 19.9 Å². The van der Waals surface area contributed by atoms with Crippen molar-refractivity contribution < 1.29 is 14.6 Å². The van der Waals surface area contributed by atoms with Gasteiger partial charge in [-0.05, 0) is 24.0 Å². The Kier molecular flexibility index (Phi) is 3.69. The highest BCUT2D eigenvalue weighted by Gasteiger charge is 2.40. The van der Waals surface area contributed by atoms with Gasteiger partial charge in [0.25, 0.3) is 0 Å². The smallest absolute Gasteiger partial charge is 0.307 e. The fourth-order valence-corrected chi connectivity index (χ4v) is 2.84. The number of benzene rings is 1. The lowest BCUT2D eigenvalue weighted by Crippen LogP contribution is -2.48. The van der Waals surface area contributed by atoms with Crippen LogP contribution in [-0.4, -0.2) is 31.3 Å². The third-order valence-corrected chi connectivity index (χ3v) is 3.95. The third-order valence-electron chi connectivity index (χ3n) is 3.95. The molecule has 0 radical (unpaired) electrons. The molecule has 1 N–H and O–H groups in total. The number of hydrogen-bond donors (Lipinski definition) is 1. The van der Waals surface area contributed by atoms with Crippen LogP contribution in [-0.2, 0) is 4.79 Å². The van der Waals surface area contributed by atoms with Crippen LogP contribution in [0.3, 0.4) is 0 Å². The van der Waals surface area contributed by atoms with E-state index in [1.807, 2.05) is 38.1 Å². The van der Waals surface area contributed by atoms with Crippen LogP contribution in [0.25, 0.3) is 0 Å². The van der Waals surface area contributed by atoms with Gasteiger partial charge in [0.15, 0.2) is 0 Å². The minimum Gasteiger partial charge on any atom is -0.497 e. The molecule has 4 heteroatoms. The van der Waals surface area contributed by atoms with E-state index in [9.17, 15) is 9.90 Å². The number of hydrogen-bond acceptors (Lipinski definition) is 3. The van der Waals surface area contributed by atoms with Gasteiger partial charge >= 0.3 is 5.97 Å².